The van der Waals surface area contributed by atoms with Gasteiger partial charge in [0, 0.05) is 0 Å². The smallest absolute Gasteiger partial charge is 0.0721 e. The number of ether oxygens (including phenoxy) is 2. The van der Waals surface area contributed by atoms with Crippen LogP contribution in [0.25, 0.3) is 12.2 Å². The minimum Gasteiger partial charge on any atom is -0.373 e. The average molecular weight is 318 g/mol. The van der Waals surface area contributed by atoms with Crippen molar-refractivity contribution in [1.29, 1.82) is 0 Å². The average Bonchev–Trinajstić information content (AvgIpc) is 2.63. The highest BCUT2D eigenvalue weighted by Gasteiger charge is 2.07. The van der Waals surface area contributed by atoms with Crippen LogP contribution in [-0.2, 0) is 9.47 Å². The van der Waals surface area contributed by atoms with E-state index in [2.05, 4.69) is 42.5 Å². The molecule has 2 aromatic rings. The topological polar surface area (TPSA) is 18.5 Å². The van der Waals surface area contributed by atoms with Gasteiger partial charge in [0.1, 0.15) is 0 Å². The number of benzene rings is 2. The third-order valence-corrected chi connectivity index (χ3v) is 3.71. The Hall–Kier alpha value is -2.42. The molecule has 1 aliphatic rings. The van der Waals surface area contributed by atoms with Crippen LogP contribution in [0.5, 0.6) is 0 Å². The molecule has 3 rings (SSSR count). The zero-order chi connectivity index (χ0) is 16.5. The molecule has 0 radical (unpaired) electrons. The molecular weight excluding hydrogens is 296 g/mol. The van der Waals surface area contributed by atoms with Gasteiger partial charge in [-0.15, -0.1) is 0 Å². The van der Waals surface area contributed by atoms with Crippen LogP contribution >= 0.6 is 0 Å². The summed E-state index contributed by atoms with van der Waals surface area (Å²) in [6, 6.07) is 20.5. The Morgan fingerprint density at radius 3 is 2.33 bits per heavy atom. The molecule has 0 amide bonds. The highest BCUT2D eigenvalue weighted by atomic mass is 16.5. The van der Waals surface area contributed by atoms with E-state index in [1.165, 1.54) is 22.3 Å². The van der Waals surface area contributed by atoms with Crippen LogP contribution in [0.2, 0.25) is 0 Å². The maximum absolute atomic E-state index is 5.73. The van der Waals surface area contributed by atoms with Crippen LogP contribution < -0.4 is 0 Å². The van der Waals surface area contributed by atoms with E-state index in [0.29, 0.717) is 26.4 Å². The second-order valence-corrected chi connectivity index (χ2v) is 5.75. The summed E-state index contributed by atoms with van der Waals surface area (Å²) in [5.74, 6) is 0. The predicted octanol–water partition coefficient (Wildman–Crippen LogP) is 4.76. The van der Waals surface area contributed by atoms with Gasteiger partial charge in [-0.25, -0.2) is 0 Å². The maximum Gasteiger partial charge on any atom is 0.0721 e. The SMILES string of the molecule is C1=C(COC/C=C/c2ccccc2)COC/C1=C\c1ccccc1. The lowest BCUT2D eigenvalue weighted by atomic mass is 10.1. The number of hydrogen-bond acceptors (Lipinski definition) is 2. The van der Waals surface area contributed by atoms with E-state index in [1.54, 1.807) is 0 Å². The van der Waals surface area contributed by atoms with Crippen molar-refractivity contribution in [1.82, 2.24) is 0 Å². The van der Waals surface area contributed by atoms with Gasteiger partial charge >= 0.3 is 0 Å². The normalized spacial score (nSPS) is 16.5. The van der Waals surface area contributed by atoms with E-state index in [9.17, 15) is 0 Å². The molecule has 24 heavy (non-hydrogen) atoms. The van der Waals surface area contributed by atoms with Gasteiger partial charge in [0.05, 0.1) is 26.4 Å². The van der Waals surface area contributed by atoms with Gasteiger partial charge in [0.15, 0.2) is 0 Å². The van der Waals surface area contributed by atoms with Crippen molar-refractivity contribution in [3.63, 3.8) is 0 Å². The molecule has 0 aromatic heterocycles. The monoisotopic (exact) mass is 318 g/mol. The Morgan fingerprint density at radius 1 is 0.875 bits per heavy atom. The summed E-state index contributed by atoms with van der Waals surface area (Å²) in [6.45, 7) is 2.51. The van der Waals surface area contributed by atoms with Crippen molar-refractivity contribution < 1.29 is 9.47 Å². The summed E-state index contributed by atoms with van der Waals surface area (Å²) in [7, 11) is 0. The molecule has 0 N–H and O–H groups in total. The molecule has 0 bridgehead atoms. The van der Waals surface area contributed by atoms with Gasteiger partial charge in [-0.1, -0.05) is 78.9 Å². The Labute approximate surface area is 143 Å². The van der Waals surface area contributed by atoms with E-state index in [4.69, 9.17) is 9.47 Å². The van der Waals surface area contributed by atoms with Crippen molar-refractivity contribution in [3.05, 3.63) is 95.1 Å². The Morgan fingerprint density at radius 2 is 1.58 bits per heavy atom. The molecular formula is C22H22O2. The van der Waals surface area contributed by atoms with Crippen molar-refractivity contribution in [2.75, 3.05) is 26.4 Å². The van der Waals surface area contributed by atoms with E-state index in [0.717, 1.165) is 0 Å². The molecule has 2 nitrogen and oxygen atoms in total. The molecule has 0 saturated carbocycles. The zero-order valence-corrected chi connectivity index (χ0v) is 13.7. The van der Waals surface area contributed by atoms with Crippen LogP contribution in [0.4, 0.5) is 0 Å². The first-order chi connectivity index (χ1) is 11.9. The predicted molar refractivity (Wildman–Crippen MR) is 99.6 cm³/mol. The van der Waals surface area contributed by atoms with Crippen LogP contribution in [0, 0.1) is 0 Å². The summed E-state index contributed by atoms with van der Waals surface area (Å²) in [4.78, 5) is 0. The fourth-order valence-corrected chi connectivity index (χ4v) is 2.58. The molecule has 0 fully saturated rings. The first-order valence-corrected chi connectivity index (χ1v) is 8.22. The minimum atomic E-state index is 0.601. The number of hydrogen-bond donors (Lipinski definition) is 0. The Kier molecular flexibility index (Phi) is 6.18. The zero-order valence-electron chi connectivity index (χ0n) is 13.7. The van der Waals surface area contributed by atoms with Gasteiger partial charge in [-0.05, 0) is 28.3 Å². The van der Waals surface area contributed by atoms with E-state index < -0.39 is 0 Å². The van der Waals surface area contributed by atoms with Crippen molar-refractivity contribution >= 4 is 12.2 Å². The lowest BCUT2D eigenvalue weighted by Crippen LogP contribution is -2.12. The fourth-order valence-electron chi connectivity index (χ4n) is 2.58. The summed E-state index contributed by atoms with van der Waals surface area (Å²) in [6.07, 6.45) is 8.47. The molecule has 0 aliphatic carbocycles. The summed E-state index contributed by atoms with van der Waals surface area (Å²) in [5.41, 5.74) is 4.75. The van der Waals surface area contributed by atoms with Crippen molar-refractivity contribution in [2.45, 2.75) is 0 Å². The number of rotatable bonds is 6. The van der Waals surface area contributed by atoms with Crippen LogP contribution in [0.1, 0.15) is 11.1 Å². The first kappa shape index (κ1) is 16.4. The second kappa shape index (κ2) is 9.02. The first-order valence-electron chi connectivity index (χ1n) is 8.22. The Bertz CT molecular complexity index is 712. The van der Waals surface area contributed by atoms with Crippen molar-refractivity contribution in [3.8, 4) is 0 Å². The lowest BCUT2D eigenvalue weighted by molar-refractivity contribution is 0.137. The molecule has 122 valence electrons. The van der Waals surface area contributed by atoms with E-state index in [-0.39, 0.29) is 0 Å². The highest BCUT2D eigenvalue weighted by Crippen LogP contribution is 2.15. The van der Waals surface area contributed by atoms with Gasteiger partial charge < -0.3 is 9.47 Å². The maximum atomic E-state index is 5.73. The summed E-state index contributed by atoms with van der Waals surface area (Å²) < 4.78 is 11.4. The van der Waals surface area contributed by atoms with Crippen LogP contribution in [0.3, 0.4) is 0 Å². The standard InChI is InChI=1S/C22H22O2/c1-3-8-19(9-4-1)12-7-13-23-17-22-15-21(16-24-18-22)14-20-10-5-2-6-11-20/h1-12,14-15H,13,16-18H2/b12-7+,21-14-. The van der Waals surface area contributed by atoms with Crippen molar-refractivity contribution in [2.24, 2.45) is 0 Å². The van der Waals surface area contributed by atoms with E-state index in [1.807, 2.05) is 42.5 Å². The third kappa shape index (κ3) is 5.34. The van der Waals surface area contributed by atoms with Gasteiger partial charge in [0.2, 0.25) is 0 Å². The molecule has 2 heteroatoms. The second-order valence-electron chi connectivity index (χ2n) is 5.75. The third-order valence-electron chi connectivity index (χ3n) is 3.71. The van der Waals surface area contributed by atoms with E-state index >= 15 is 0 Å². The quantitative estimate of drug-likeness (QED) is 0.715. The van der Waals surface area contributed by atoms with Gasteiger partial charge in [-0.3, -0.25) is 0 Å². The van der Waals surface area contributed by atoms with Crippen LogP contribution in [0.15, 0.2) is 84.0 Å². The summed E-state index contributed by atoms with van der Waals surface area (Å²) >= 11 is 0. The molecule has 0 atom stereocenters. The molecule has 0 spiro atoms. The molecule has 0 saturated heterocycles. The van der Waals surface area contributed by atoms with Gasteiger partial charge in [0.25, 0.3) is 0 Å². The van der Waals surface area contributed by atoms with Gasteiger partial charge in [-0.2, -0.15) is 0 Å². The summed E-state index contributed by atoms with van der Waals surface area (Å²) in [5, 5.41) is 0. The lowest BCUT2D eigenvalue weighted by Gasteiger charge is -2.16. The largest absolute Gasteiger partial charge is 0.373 e. The molecule has 2 aromatic carbocycles. The minimum absolute atomic E-state index is 0.601. The van der Waals surface area contributed by atoms with Crippen LogP contribution in [-0.4, -0.2) is 26.4 Å². The molecule has 1 aliphatic heterocycles. The molecule has 1 heterocycles. The Balaban J connectivity index is 1.50. The highest BCUT2D eigenvalue weighted by molar-refractivity contribution is 5.57. The fraction of sp³-hybridized carbons (Fsp3) is 0.182. The molecule has 0 unspecified atom stereocenters.